The highest BCUT2D eigenvalue weighted by atomic mass is 19.4. The first-order valence-electron chi connectivity index (χ1n) is 11.3. The van der Waals surface area contributed by atoms with Crippen molar-refractivity contribution < 1.29 is 22.7 Å². The maximum Gasteiger partial charge on any atom is 0.417 e. The van der Waals surface area contributed by atoms with E-state index < -0.39 is 11.7 Å². The van der Waals surface area contributed by atoms with Crippen LogP contribution in [0.25, 0.3) is 17.0 Å². The number of rotatable bonds is 3. The van der Waals surface area contributed by atoms with Crippen molar-refractivity contribution in [3.8, 4) is 11.4 Å². The quantitative estimate of drug-likeness (QED) is 0.561. The smallest absolute Gasteiger partial charge is 0.368 e. The summed E-state index contributed by atoms with van der Waals surface area (Å²) >= 11 is 0. The molecule has 2 aliphatic rings. The number of alkyl halides is 3. The number of ether oxygens (including phenoxy) is 1. The Morgan fingerprint density at radius 1 is 1.09 bits per heavy atom. The summed E-state index contributed by atoms with van der Waals surface area (Å²) < 4.78 is 46.9. The molecule has 1 aliphatic carbocycles. The fraction of sp³-hybridized carbons (Fsp3) is 0.458. The topological polar surface area (TPSA) is 59.7 Å². The third kappa shape index (κ3) is 4.46. The molecule has 0 radical (unpaired) electrons. The summed E-state index contributed by atoms with van der Waals surface area (Å²) in [5.41, 5.74) is 1.26. The van der Waals surface area contributed by atoms with Crippen molar-refractivity contribution in [3.05, 3.63) is 54.0 Å². The average Bonchev–Trinajstić information content (AvgIpc) is 3.27. The Morgan fingerprint density at radius 2 is 1.91 bits per heavy atom. The molecule has 0 bridgehead atoms. The first-order chi connectivity index (χ1) is 15.9. The predicted molar refractivity (Wildman–Crippen MR) is 115 cm³/mol. The van der Waals surface area contributed by atoms with Gasteiger partial charge >= 0.3 is 6.18 Å². The van der Waals surface area contributed by atoms with E-state index in [1.807, 2.05) is 11.0 Å². The second kappa shape index (κ2) is 8.78. The Balaban J connectivity index is 1.40. The molecule has 1 aliphatic heterocycles. The predicted octanol–water partition coefficient (Wildman–Crippen LogP) is 4.90. The number of carbonyl (C=O) groups excluding carboxylic acids is 1. The molecule has 4 heterocycles. The third-order valence-corrected chi connectivity index (χ3v) is 6.53. The molecule has 1 amide bonds. The summed E-state index contributed by atoms with van der Waals surface area (Å²) in [6.45, 7) is 1.43. The lowest BCUT2D eigenvalue weighted by molar-refractivity contribution is -0.144. The van der Waals surface area contributed by atoms with Crippen LogP contribution in [0.4, 0.5) is 13.2 Å². The minimum atomic E-state index is -4.45. The van der Waals surface area contributed by atoms with Gasteiger partial charge in [-0.2, -0.15) is 13.2 Å². The van der Waals surface area contributed by atoms with Crippen LogP contribution in [0.1, 0.15) is 49.5 Å². The molecule has 0 N–H and O–H groups in total. The number of imidazole rings is 1. The zero-order chi connectivity index (χ0) is 23.0. The maximum absolute atomic E-state index is 13.2. The molecule has 2 fully saturated rings. The third-order valence-electron chi connectivity index (χ3n) is 6.53. The van der Waals surface area contributed by atoms with Crippen molar-refractivity contribution in [1.29, 1.82) is 0 Å². The summed E-state index contributed by atoms with van der Waals surface area (Å²) in [5, 5.41) is 0. The summed E-state index contributed by atoms with van der Waals surface area (Å²) in [7, 11) is 0. The molecule has 174 valence electrons. The molecular weight excluding hydrogens is 433 g/mol. The van der Waals surface area contributed by atoms with Crippen molar-refractivity contribution in [2.75, 3.05) is 19.7 Å². The van der Waals surface area contributed by atoms with Gasteiger partial charge in [0.2, 0.25) is 5.91 Å². The average molecular weight is 458 g/mol. The second-order valence-electron chi connectivity index (χ2n) is 8.71. The van der Waals surface area contributed by atoms with Crippen LogP contribution in [0.3, 0.4) is 0 Å². The number of hydrogen-bond acceptors (Lipinski definition) is 4. The largest absolute Gasteiger partial charge is 0.417 e. The number of amides is 1. The van der Waals surface area contributed by atoms with Crippen molar-refractivity contribution >= 4 is 11.6 Å². The van der Waals surface area contributed by atoms with Crippen LogP contribution in [-0.2, 0) is 15.7 Å². The molecule has 0 spiro atoms. The Hall–Kier alpha value is -2.94. The Kier molecular flexibility index (Phi) is 5.82. The molecular formula is C24H25F3N4O2. The van der Waals surface area contributed by atoms with Gasteiger partial charge in [-0.25, -0.2) is 9.97 Å². The molecule has 1 atom stereocenters. The van der Waals surface area contributed by atoms with Crippen LogP contribution < -0.4 is 0 Å². The molecule has 3 aromatic rings. The zero-order valence-corrected chi connectivity index (χ0v) is 18.1. The van der Waals surface area contributed by atoms with Crippen LogP contribution in [0.15, 0.2) is 42.7 Å². The Bertz CT molecular complexity index is 1150. The minimum Gasteiger partial charge on any atom is -0.368 e. The van der Waals surface area contributed by atoms with Gasteiger partial charge in [-0.1, -0.05) is 25.3 Å². The highest BCUT2D eigenvalue weighted by Gasteiger charge is 2.32. The van der Waals surface area contributed by atoms with E-state index in [0.29, 0.717) is 42.4 Å². The van der Waals surface area contributed by atoms with Gasteiger partial charge in [-0.15, -0.1) is 0 Å². The minimum absolute atomic E-state index is 0.0952. The highest BCUT2D eigenvalue weighted by molar-refractivity contribution is 5.79. The lowest BCUT2D eigenvalue weighted by Gasteiger charge is -2.35. The second-order valence-corrected chi connectivity index (χ2v) is 8.71. The molecule has 6 nitrogen and oxygen atoms in total. The van der Waals surface area contributed by atoms with Gasteiger partial charge in [-0.05, 0) is 37.1 Å². The first kappa shape index (κ1) is 21.9. The van der Waals surface area contributed by atoms with E-state index in [2.05, 4.69) is 9.97 Å². The van der Waals surface area contributed by atoms with Gasteiger partial charge in [0.15, 0.2) is 0 Å². The summed E-state index contributed by atoms with van der Waals surface area (Å²) in [6.07, 6.45) is 3.01. The van der Waals surface area contributed by atoms with Crippen LogP contribution in [0.5, 0.6) is 0 Å². The molecule has 1 saturated carbocycles. The zero-order valence-electron chi connectivity index (χ0n) is 18.1. The lowest BCUT2D eigenvalue weighted by Crippen LogP contribution is -2.45. The van der Waals surface area contributed by atoms with E-state index in [0.717, 1.165) is 37.9 Å². The van der Waals surface area contributed by atoms with E-state index in [1.54, 1.807) is 12.1 Å². The summed E-state index contributed by atoms with van der Waals surface area (Å²) in [4.78, 5) is 23.8. The van der Waals surface area contributed by atoms with Crippen molar-refractivity contribution in [2.24, 2.45) is 5.92 Å². The van der Waals surface area contributed by atoms with Gasteiger partial charge in [-0.3, -0.25) is 9.20 Å². The number of nitrogens with zero attached hydrogens (tertiary/aromatic N) is 4. The SMILES string of the molecule is O=C(C1CCCCC1)N1CCOC(c2cccc(-c3cnc4ccc(C(F)(F)F)cn34)n2)C1. The van der Waals surface area contributed by atoms with E-state index >= 15 is 0 Å². The van der Waals surface area contributed by atoms with Gasteiger partial charge in [0.25, 0.3) is 0 Å². The monoisotopic (exact) mass is 458 g/mol. The van der Waals surface area contributed by atoms with E-state index in [1.165, 1.54) is 23.1 Å². The van der Waals surface area contributed by atoms with Crippen molar-refractivity contribution in [1.82, 2.24) is 19.3 Å². The standard InChI is InChI=1S/C24H25F3N4O2/c25-24(26,27)17-9-10-22-28-13-20(31(22)14-17)18-7-4-8-19(29-18)21-15-30(11-12-33-21)23(32)16-5-2-1-3-6-16/h4,7-10,13-14,16,21H,1-3,5-6,11-12,15H2. The first-order valence-corrected chi connectivity index (χ1v) is 11.3. The van der Waals surface area contributed by atoms with Gasteiger partial charge in [0, 0.05) is 18.7 Å². The maximum atomic E-state index is 13.2. The summed E-state index contributed by atoms with van der Waals surface area (Å²) in [6, 6.07) is 7.73. The number of pyridine rings is 2. The van der Waals surface area contributed by atoms with E-state index in [-0.39, 0.29) is 17.9 Å². The molecule has 3 aromatic heterocycles. The molecule has 1 saturated heterocycles. The lowest BCUT2D eigenvalue weighted by atomic mass is 9.88. The van der Waals surface area contributed by atoms with Crippen LogP contribution in [-0.4, -0.2) is 44.9 Å². The van der Waals surface area contributed by atoms with Crippen LogP contribution >= 0.6 is 0 Å². The van der Waals surface area contributed by atoms with E-state index in [4.69, 9.17) is 4.74 Å². The van der Waals surface area contributed by atoms with Crippen LogP contribution in [0.2, 0.25) is 0 Å². The Labute approximate surface area is 189 Å². The van der Waals surface area contributed by atoms with Crippen molar-refractivity contribution in [3.63, 3.8) is 0 Å². The number of aromatic nitrogens is 3. The van der Waals surface area contributed by atoms with Gasteiger partial charge < -0.3 is 9.64 Å². The number of halogens is 3. The molecule has 1 unspecified atom stereocenters. The van der Waals surface area contributed by atoms with Gasteiger partial charge in [0.1, 0.15) is 11.8 Å². The number of fused-ring (bicyclic) bond motifs is 1. The fourth-order valence-corrected chi connectivity index (χ4v) is 4.75. The number of hydrogen-bond donors (Lipinski definition) is 0. The fourth-order valence-electron chi connectivity index (χ4n) is 4.75. The molecule has 9 heteroatoms. The number of carbonyl (C=O) groups is 1. The summed E-state index contributed by atoms with van der Waals surface area (Å²) in [5.74, 6) is 0.290. The van der Waals surface area contributed by atoms with Crippen molar-refractivity contribution in [2.45, 2.75) is 44.4 Å². The molecule has 0 aromatic carbocycles. The van der Waals surface area contributed by atoms with Crippen LogP contribution in [0, 0.1) is 5.92 Å². The Morgan fingerprint density at radius 3 is 2.70 bits per heavy atom. The van der Waals surface area contributed by atoms with E-state index in [9.17, 15) is 18.0 Å². The molecule has 33 heavy (non-hydrogen) atoms. The highest BCUT2D eigenvalue weighted by Crippen LogP contribution is 2.32. The number of morpholine rings is 1. The normalized spacial score (nSPS) is 20.3. The van der Waals surface area contributed by atoms with Gasteiger partial charge in [0.05, 0.1) is 42.0 Å². The molecule has 5 rings (SSSR count).